The molecule has 0 unspecified atom stereocenters. The molecule has 114 valence electrons. The van der Waals surface area contributed by atoms with E-state index in [-0.39, 0.29) is 5.63 Å². The van der Waals surface area contributed by atoms with Crippen LogP contribution in [0.3, 0.4) is 0 Å². The second kappa shape index (κ2) is 6.85. The molecule has 0 aliphatic carbocycles. The van der Waals surface area contributed by atoms with E-state index in [4.69, 9.17) is 25.5 Å². The van der Waals surface area contributed by atoms with Gasteiger partial charge < -0.3 is 13.9 Å². The Balaban J connectivity index is 2.74. The van der Waals surface area contributed by atoms with Crippen LogP contribution in [0.25, 0.3) is 11.0 Å². The highest BCUT2D eigenvalue weighted by atomic mass is 35.5. The first-order valence-electron chi connectivity index (χ1n) is 7.04. The molecular weight excluding hydrogens is 292 g/mol. The maximum Gasteiger partial charge on any atom is 0.339 e. The minimum Gasteiger partial charge on any atom is -0.490 e. The van der Waals surface area contributed by atoms with Gasteiger partial charge in [0.1, 0.15) is 0 Å². The number of ether oxygens (including phenoxy) is 2. The third kappa shape index (κ3) is 3.00. The van der Waals surface area contributed by atoms with Crippen molar-refractivity contribution < 1.29 is 13.9 Å². The lowest BCUT2D eigenvalue weighted by Crippen LogP contribution is -2.11. The quantitative estimate of drug-likeness (QED) is 0.603. The predicted molar refractivity (Wildman–Crippen MR) is 84.0 cm³/mol. The highest BCUT2D eigenvalue weighted by Crippen LogP contribution is 2.37. The molecule has 0 amide bonds. The molecule has 0 N–H and O–H groups in total. The van der Waals surface area contributed by atoms with Gasteiger partial charge in [-0.15, -0.1) is 11.6 Å². The summed E-state index contributed by atoms with van der Waals surface area (Å²) in [5, 5.41) is 0.849. The van der Waals surface area contributed by atoms with Crippen molar-refractivity contribution in [1.29, 1.82) is 0 Å². The third-order valence-corrected chi connectivity index (χ3v) is 3.50. The van der Waals surface area contributed by atoms with Crippen LogP contribution in [0.5, 0.6) is 11.5 Å². The van der Waals surface area contributed by atoms with Crippen molar-refractivity contribution in [2.24, 2.45) is 0 Å². The average molecular weight is 311 g/mol. The molecule has 1 heterocycles. The van der Waals surface area contributed by atoms with Gasteiger partial charge in [0.2, 0.25) is 5.75 Å². The molecule has 0 atom stereocenters. The number of benzene rings is 1. The van der Waals surface area contributed by atoms with E-state index >= 15 is 0 Å². The molecule has 21 heavy (non-hydrogen) atoms. The second-order valence-corrected chi connectivity index (χ2v) is 4.95. The molecule has 0 saturated heterocycles. The van der Waals surface area contributed by atoms with E-state index in [0.29, 0.717) is 48.2 Å². The lowest BCUT2D eigenvalue weighted by Gasteiger charge is -2.14. The van der Waals surface area contributed by atoms with Gasteiger partial charge in [0.15, 0.2) is 11.3 Å². The number of rotatable bonds is 6. The van der Waals surface area contributed by atoms with Gasteiger partial charge >= 0.3 is 5.63 Å². The van der Waals surface area contributed by atoms with Crippen LogP contribution in [-0.4, -0.2) is 19.1 Å². The molecular formula is C16H19ClO4. The van der Waals surface area contributed by atoms with E-state index in [0.717, 1.165) is 10.9 Å². The molecule has 0 fully saturated rings. The largest absolute Gasteiger partial charge is 0.490 e. The van der Waals surface area contributed by atoms with Crippen LogP contribution in [0.1, 0.15) is 25.0 Å². The van der Waals surface area contributed by atoms with Crippen LogP contribution < -0.4 is 15.1 Å². The summed E-state index contributed by atoms with van der Waals surface area (Å²) in [7, 11) is 0. The predicted octanol–water partition coefficient (Wildman–Crippen LogP) is 3.68. The highest BCUT2D eigenvalue weighted by molar-refractivity contribution is 6.18. The van der Waals surface area contributed by atoms with Crippen LogP contribution in [0, 0.1) is 6.92 Å². The minimum absolute atomic E-state index is 0.366. The zero-order chi connectivity index (χ0) is 15.4. The van der Waals surface area contributed by atoms with E-state index in [1.54, 1.807) is 0 Å². The fourth-order valence-corrected chi connectivity index (χ4v) is 2.53. The minimum atomic E-state index is -0.366. The van der Waals surface area contributed by atoms with Crippen LogP contribution in [-0.2, 0) is 6.42 Å². The number of halogens is 1. The maximum absolute atomic E-state index is 12.1. The average Bonchev–Trinajstić information content (AvgIpc) is 2.46. The standard InChI is InChI=1S/C16H19ClO4/c1-4-19-13-7-6-11-10(3)12(8-9-17)16(18)21-14(11)15(13)20-5-2/h6-7H,4-5,8-9H2,1-3H3. The Hall–Kier alpha value is -1.68. The van der Waals surface area contributed by atoms with Gasteiger partial charge in [0, 0.05) is 16.8 Å². The van der Waals surface area contributed by atoms with Gasteiger partial charge in [-0.3, -0.25) is 0 Å². The molecule has 0 spiro atoms. The van der Waals surface area contributed by atoms with Gasteiger partial charge in [-0.05, 0) is 44.9 Å². The summed E-state index contributed by atoms with van der Waals surface area (Å²) in [5.74, 6) is 1.45. The Kier molecular flexibility index (Phi) is 5.12. The molecule has 2 aromatic rings. The summed E-state index contributed by atoms with van der Waals surface area (Å²) in [6.45, 7) is 6.65. The number of aryl methyl sites for hydroxylation is 1. The van der Waals surface area contributed by atoms with E-state index in [2.05, 4.69) is 0 Å². The fourth-order valence-electron chi connectivity index (χ4n) is 2.35. The monoisotopic (exact) mass is 310 g/mol. The zero-order valence-electron chi connectivity index (χ0n) is 12.5. The molecule has 0 aliphatic rings. The Bertz CT molecular complexity index is 691. The fraction of sp³-hybridized carbons (Fsp3) is 0.438. The highest BCUT2D eigenvalue weighted by Gasteiger charge is 2.17. The van der Waals surface area contributed by atoms with Crippen LogP contribution >= 0.6 is 11.6 Å². The zero-order valence-corrected chi connectivity index (χ0v) is 13.3. The smallest absolute Gasteiger partial charge is 0.339 e. The molecule has 0 radical (unpaired) electrons. The summed E-state index contributed by atoms with van der Waals surface area (Å²) in [5.41, 5.74) is 1.56. The van der Waals surface area contributed by atoms with Crippen LogP contribution in [0.2, 0.25) is 0 Å². The van der Waals surface area contributed by atoms with Crippen LogP contribution in [0.4, 0.5) is 0 Å². The van der Waals surface area contributed by atoms with Crippen molar-refractivity contribution in [2.75, 3.05) is 19.1 Å². The maximum atomic E-state index is 12.1. The van der Waals surface area contributed by atoms with Gasteiger partial charge in [0.05, 0.1) is 13.2 Å². The first kappa shape index (κ1) is 15.7. The molecule has 0 bridgehead atoms. The SMILES string of the molecule is CCOc1ccc2c(C)c(CCCl)c(=O)oc2c1OCC. The molecule has 5 heteroatoms. The van der Waals surface area contributed by atoms with E-state index in [9.17, 15) is 4.79 Å². The Labute approximate surface area is 128 Å². The second-order valence-electron chi connectivity index (χ2n) is 4.57. The van der Waals surface area contributed by atoms with Gasteiger partial charge in [0.25, 0.3) is 0 Å². The molecule has 2 rings (SSSR count). The molecule has 4 nitrogen and oxygen atoms in total. The van der Waals surface area contributed by atoms with Crippen molar-refractivity contribution in [1.82, 2.24) is 0 Å². The third-order valence-electron chi connectivity index (χ3n) is 3.31. The topological polar surface area (TPSA) is 48.7 Å². The lowest BCUT2D eigenvalue weighted by atomic mass is 10.0. The Morgan fingerprint density at radius 3 is 2.52 bits per heavy atom. The van der Waals surface area contributed by atoms with Crippen molar-refractivity contribution in [2.45, 2.75) is 27.2 Å². The van der Waals surface area contributed by atoms with Crippen molar-refractivity contribution >= 4 is 22.6 Å². The summed E-state index contributed by atoms with van der Waals surface area (Å²) in [4.78, 5) is 12.1. The Morgan fingerprint density at radius 2 is 1.90 bits per heavy atom. The lowest BCUT2D eigenvalue weighted by molar-refractivity contribution is 0.286. The first-order chi connectivity index (χ1) is 10.1. The first-order valence-corrected chi connectivity index (χ1v) is 7.58. The summed E-state index contributed by atoms with van der Waals surface area (Å²) >= 11 is 5.75. The number of fused-ring (bicyclic) bond motifs is 1. The van der Waals surface area contributed by atoms with Crippen LogP contribution in [0.15, 0.2) is 21.3 Å². The van der Waals surface area contributed by atoms with Crippen molar-refractivity contribution in [3.05, 3.63) is 33.7 Å². The molecule has 0 saturated carbocycles. The number of alkyl halides is 1. The molecule has 1 aromatic carbocycles. The van der Waals surface area contributed by atoms with Crippen molar-refractivity contribution in [3.8, 4) is 11.5 Å². The number of hydrogen-bond donors (Lipinski definition) is 0. The normalized spacial score (nSPS) is 10.9. The van der Waals surface area contributed by atoms with Gasteiger partial charge in [-0.2, -0.15) is 0 Å². The van der Waals surface area contributed by atoms with E-state index < -0.39 is 0 Å². The number of hydrogen-bond acceptors (Lipinski definition) is 4. The summed E-state index contributed by atoms with van der Waals surface area (Å²) in [6.07, 6.45) is 0.489. The van der Waals surface area contributed by atoms with Gasteiger partial charge in [-0.1, -0.05) is 0 Å². The van der Waals surface area contributed by atoms with E-state index in [1.165, 1.54) is 0 Å². The summed E-state index contributed by atoms with van der Waals surface area (Å²) in [6, 6.07) is 3.73. The van der Waals surface area contributed by atoms with E-state index in [1.807, 2.05) is 32.9 Å². The molecule has 0 aliphatic heterocycles. The van der Waals surface area contributed by atoms with Crippen molar-refractivity contribution in [3.63, 3.8) is 0 Å². The Morgan fingerprint density at radius 1 is 1.19 bits per heavy atom. The summed E-state index contributed by atoms with van der Waals surface area (Å²) < 4.78 is 16.7. The molecule has 1 aromatic heterocycles. The van der Waals surface area contributed by atoms with Gasteiger partial charge in [-0.25, -0.2) is 4.79 Å².